The minimum atomic E-state index is -4.10. The van der Waals surface area contributed by atoms with Gasteiger partial charge < -0.3 is 10.0 Å². The van der Waals surface area contributed by atoms with E-state index in [2.05, 4.69) is 10.0 Å². The number of aryl methyl sites for hydroxylation is 1. The van der Waals surface area contributed by atoms with Crippen LogP contribution in [0.25, 0.3) is 10.4 Å². The number of hydrogen-bond donors (Lipinski definition) is 1. The van der Waals surface area contributed by atoms with Gasteiger partial charge in [0.15, 0.2) is 0 Å². The molecule has 140 valence electrons. The van der Waals surface area contributed by atoms with Crippen molar-refractivity contribution in [2.75, 3.05) is 13.1 Å². The predicted octanol–water partition coefficient (Wildman–Crippen LogP) is 1.45. The number of amides is 1. The molecule has 0 aliphatic carbocycles. The molecule has 2 rings (SSSR count). The van der Waals surface area contributed by atoms with E-state index in [0.717, 1.165) is 5.56 Å². The lowest BCUT2D eigenvalue weighted by molar-refractivity contribution is -0.140. The number of aliphatic carboxylic acids is 1. The number of benzene rings is 1. The molecule has 2 atom stereocenters. The van der Waals surface area contributed by atoms with Gasteiger partial charge in [0, 0.05) is 24.4 Å². The van der Waals surface area contributed by atoms with Crippen molar-refractivity contribution in [1.29, 1.82) is 0 Å². The third kappa shape index (κ3) is 4.94. The van der Waals surface area contributed by atoms with Gasteiger partial charge in [0.25, 0.3) is 10.1 Å². The highest BCUT2D eigenvalue weighted by Crippen LogP contribution is 2.23. The summed E-state index contributed by atoms with van der Waals surface area (Å²) in [5, 5.41) is 12.2. The maximum absolute atomic E-state index is 12.4. The molecule has 1 aromatic rings. The molecule has 1 aliphatic heterocycles. The van der Waals surface area contributed by atoms with Crippen molar-refractivity contribution in [3.8, 4) is 0 Å². The van der Waals surface area contributed by atoms with E-state index >= 15 is 0 Å². The van der Waals surface area contributed by atoms with Crippen LogP contribution in [0.4, 0.5) is 0 Å². The summed E-state index contributed by atoms with van der Waals surface area (Å²) in [5.41, 5.74) is 9.54. The third-order valence-corrected chi connectivity index (χ3v) is 5.25. The molecule has 1 aromatic carbocycles. The lowest BCUT2D eigenvalue weighted by Gasteiger charge is -2.16. The van der Waals surface area contributed by atoms with E-state index in [1.807, 2.05) is 6.92 Å². The predicted molar refractivity (Wildman–Crippen MR) is 89.6 cm³/mol. The molecular formula is C15H18N4O6S. The summed E-state index contributed by atoms with van der Waals surface area (Å²) >= 11 is 0. The Kier molecular flexibility index (Phi) is 6.19. The van der Waals surface area contributed by atoms with Crippen LogP contribution in [0.5, 0.6) is 0 Å². The number of carboxylic acids is 1. The highest BCUT2D eigenvalue weighted by atomic mass is 32.2. The van der Waals surface area contributed by atoms with Crippen LogP contribution in [0.3, 0.4) is 0 Å². The highest BCUT2D eigenvalue weighted by molar-refractivity contribution is 7.86. The quantitative estimate of drug-likeness (QED) is 0.326. The molecule has 1 amide bonds. The van der Waals surface area contributed by atoms with Gasteiger partial charge in [-0.05, 0) is 24.6 Å². The Bertz CT molecular complexity index is 832. The first-order valence-electron chi connectivity index (χ1n) is 7.76. The lowest BCUT2D eigenvalue weighted by atomic mass is 10.2. The summed E-state index contributed by atoms with van der Waals surface area (Å²) in [4.78, 5) is 26.5. The largest absolute Gasteiger partial charge is 0.481 e. The SMILES string of the molecule is Cc1ccc(S(=O)(=O)O[C@H]2CN(C(=O)CCC(=O)O)C[C@@H]2N=[N+]=[N-])cc1. The zero-order chi connectivity index (χ0) is 19.3. The molecule has 0 bridgehead atoms. The summed E-state index contributed by atoms with van der Waals surface area (Å²) < 4.78 is 30.0. The Balaban J connectivity index is 2.13. The second-order valence-electron chi connectivity index (χ2n) is 5.87. The van der Waals surface area contributed by atoms with E-state index in [1.54, 1.807) is 12.1 Å². The minimum absolute atomic E-state index is 0.0312. The monoisotopic (exact) mass is 382 g/mol. The normalized spacial score (nSPS) is 19.8. The van der Waals surface area contributed by atoms with Crippen molar-refractivity contribution >= 4 is 22.0 Å². The van der Waals surface area contributed by atoms with E-state index in [1.165, 1.54) is 17.0 Å². The van der Waals surface area contributed by atoms with Gasteiger partial charge in [-0.3, -0.25) is 13.8 Å². The Morgan fingerprint density at radius 1 is 1.31 bits per heavy atom. The summed E-state index contributed by atoms with van der Waals surface area (Å²) in [6.07, 6.45) is -1.60. The van der Waals surface area contributed by atoms with Gasteiger partial charge in [-0.25, -0.2) is 0 Å². The van der Waals surface area contributed by atoms with E-state index in [-0.39, 0.29) is 30.8 Å². The fourth-order valence-corrected chi connectivity index (χ4v) is 3.62. The Hall–Kier alpha value is -2.62. The van der Waals surface area contributed by atoms with Crippen LogP contribution >= 0.6 is 0 Å². The third-order valence-electron chi connectivity index (χ3n) is 3.90. The molecule has 0 saturated carbocycles. The van der Waals surface area contributed by atoms with Crippen molar-refractivity contribution in [2.45, 2.75) is 36.8 Å². The van der Waals surface area contributed by atoms with Crippen LogP contribution in [0.15, 0.2) is 34.3 Å². The second kappa shape index (κ2) is 8.17. The number of carbonyl (C=O) groups excluding carboxylic acids is 1. The fraction of sp³-hybridized carbons (Fsp3) is 0.467. The van der Waals surface area contributed by atoms with Gasteiger partial charge >= 0.3 is 5.97 Å². The van der Waals surface area contributed by atoms with Crippen LogP contribution in [0.1, 0.15) is 18.4 Å². The number of likely N-dealkylation sites (tertiary alicyclic amines) is 1. The Labute approximate surface area is 150 Å². The van der Waals surface area contributed by atoms with Gasteiger partial charge in [-0.15, -0.1) is 0 Å². The van der Waals surface area contributed by atoms with Crippen LogP contribution < -0.4 is 0 Å². The van der Waals surface area contributed by atoms with Gasteiger partial charge in [0.05, 0.1) is 17.4 Å². The van der Waals surface area contributed by atoms with E-state index in [0.29, 0.717) is 0 Å². The smallest absolute Gasteiger partial charge is 0.303 e. The number of nitrogens with zero attached hydrogens (tertiary/aromatic N) is 4. The standard InChI is InChI=1S/C15H18N4O6S/c1-10-2-4-11(5-3-10)26(23,24)25-13-9-19(8-12(13)17-18-16)14(20)6-7-15(21)22/h2-5,12-13H,6-9H2,1H3,(H,21,22)/t12-,13-/m0/s1. The summed E-state index contributed by atoms with van der Waals surface area (Å²) in [7, 11) is -4.10. The molecule has 0 aromatic heterocycles. The van der Waals surface area contributed by atoms with Crippen molar-refractivity contribution in [1.82, 2.24) is 4.90 Å². The maximum atomic E-state index is 12.4. The zero-order valence-electron chi connectivity index (χ0n) is 14.0. The van der Waals surface area contributed by atoms with Crippen LogP contribution in [0.2, 0.25) is 0 Å². The molecule has 1 aliphatic rings. The topological polar surface area (TPSA) is 150 Å². The number of carboxylic acid groups (broad SMARTS) is 1. The number of carbonyl (C=O) groups is 2. The van der Waals surface area contributed by atoms with Crippen molar-refractivity contribution < 1.29 is 27.3 Å². The average Bonchev–Trinajstić information content (AvgIpc) is 2.95. The van der Waals surface area contributed by atoms with Crippen molar-refractivity contribution in [2.24, 2.45) is 5.11 Å². The van der Waals surface area contributed by atoms with Crippen molar-refractivity contribution in [3.05, 3.63) is 40.3 Å². The first-order valence-corrected chi connectivity index (χ1v) is 9.17. The lowest BCUT2D eigenvalue weighted by Crippen LogP contribution is -2.31. The van der Waals surface area contributed by atoms with E-state index in [9.17, 15) is 18.0 Å². The van der Waals surface area contributed by atoms with Gasteiger partial charge in [0.1, 0.15) is 6.10 Å². The summed E-state index contributed by atoms with van der Waals surface area (Å²) in [6, 6.07) is 5.17. The first-order chi connectivity index (χ1) is 12.2. The highest BCUT2D eigenvalue weighted by Gasteiger charge is 2.38. The molecule has 0 spiro atoms. The zero-order valence-corrected chi connectivity index (χ0v) is 14.8. The average molecular weight is 382 g/mol. The molecule has 11 heteroatoms. The summed E-state index contributed by atoms with van der Waals surface area (Å²) in [5.74, 6) is -1.58. The van der Waals surface area contributed by atoms with Crippen molar-refractivity contribution in [3.63, 3.8) is 0 Å². The summed E-state index contributed by atoms with van der Waals surface area (Å²) in [6.45, 7) is 1.68. The fourth-order valence-electron chi connectivity index (χ4n) is 2.53. The second-order valence-corrected chi connectivity index (χ2v) is 7.44. The van der Waals surface area contributed by atoms with Gasteiger partial charge in [-0.2, -0.15) is 8.42 Å². The molecule has 0 unspecified atom stereocenters. The minimum Gasteiger partial charge on any atom is -0.481 e. The number of hydrogen-bond acceptors (Lipinski definition) is 6. The maximum Gasteiger partial charge on any atom is 0.303 e. The van der Waals surface area contributed by atoms with E-state index in [4.69, 9.17) is 14.8 Å². The molecule has 0 radical (unpaired) electrons. The Morgan fingerprint density at radius 3 is 2.54 bits per heavy atom. The molecule has 26 heavy (non-hydrogen) atoms. The van der Waals surface area contributed by atoms with Crippen LogP contribution in [0, 0.1) is 6.92 Å². The molecule has 1 fully saturated rings. The number of azide groups is 1. The van der Waals surface area contributed by atoms with Gasteiger partial charge in [-0.1, -0.05) is 22.8 Å². The Morgan fingerprint density at radius 2 is 1.96 bits per heavy atom. The van der Waals surface area contributed by atoms with Gasteiger partial charge in [0.2, 0.25) is 5.91 Å². The molecule has 1 heterocycles. The molecule has 10 nitrogen and oxygen atoms in total. The van der Waals surface area contributed by atoms with Crippen LogP contribution in [-0.2, 0) is 23.9 Å². The molecule has 1 N–H and O–H groups in total. The first kappa shape index (κ1) is 19.7. The number of rotatable bonds is 7. The van der Waals surface area contributed by atoms with E-state index < -0.39 is 34.1 Å². The van der Waals surface area contributed by atoms with Crippen LogP contribution in [-0.4, -0.2) is 55.5 Å². The molecular weight excluding hydrogens is 364 g/mol. The molecule has 1 saturated heterocycles.